The van der Waals surface area contributed by atoms with Gasteiger partial charge in [-0.2, -0.15) is 0 Å². The fourth-order valence-corrected chi connectivity index (χ4v) is 4.27. The van der Waals surface area contributed by atoms with Crippen molar-refractivity contribution in [3.8, 4) is 11.1 Å². The van der Waals surface area contributed by atoms with E-state index < -0.39 is 17.5 Å². The second kappa shape index (κ2) is 10.0. The number of alkyl carbamates (subject to hydrolysis) is 1. The van der Waals surface area contributed by atoms with Crippen LogP contribution in [0.15, 0.2) is 72.8 Å². The van der Waals surface area contributed by atoms with Crippen LogP contribution in [0.3, 0.4) is 0 Å². The number of benzene rings is 3. The molecule has 180 valence electrons. The summed E-state index contributed by atoms with van der Waals surface area (Å²) in [6, 6.07) is 22.4. The highest BCUT2D eigenvalue weighted by atomic mass is 16.5. The van der Waals surface area contributed by atoms with Crippen molar-refractivity contribution < 1.29 is 24.2 Å². The molecule has 0 fully saturated rings. The van der Waals surface area contributed by atoms with Gasteiger partial charge < -0.3 is 20.5 Å². The van der Waals surface area contributed by atoms with E-state index in [1.165, 1.54) is 23.3 Å². The Labute approximate surface area is 204 Å². The third-order valence-corrected chi connectivity index (χ3v) is 6.35. The molecule has 7 heteroatoms. The average Bonchev–Trinajstić information content (AvgIpc) is 3.16. The zero-order valence-electron chi connectivity index (χ0n) is 19.7. The molecule has 2 amide bonds. The fourth-order valence-electron chi connectivity index (χ4n) is 4.27. The van der Waals surface area contributed by atoms with Gasteiger partial charge in [-0.05, 0) is 46.9 Å². The highest BCUT2D eigenvalue weighted by molar-refractivity contribution is 5.96. The molecule has 0 spiro atoms. The molecular weight excluding hydrogens is 444 g/mol. The third-order valence-electron chi connectivity index (χ3n) is 6.35. The van der Waals surface area contributed by atoms with Crippen molar-refractivity contribution in [3.63, 3.8) is 0 Å². The number of anilines is 1. The molecule has 0 aromatic heterocycles. The van der Waals surface area contributed by atoms with Gasteiger partial charge in [0.15, 0.2) is 0 Å². The van der Waals surface area contributed by atoms with Gasteiger partial charge in [-0.3, -0.25) is 4.79 Å². The number of fused-ring (bicyclic) bond motifs is 3. The second-order valence-corrected chi connectivity index (χ2v) is 9.23. The third kappa shape index (κ3) is 5.35. The van der Waals surface area contributed by atoms with Crippen molar-refractivity contribution in [2.45, 2.75) is 26.2 Å². The number of carbonyl (C=O) groups excluding carboxylic acids is 2. The molecule has 3 aromatic carbocycles. The van der Waals surface area contributed by atoms with E-state index in [0.29, 0.717) is 12.1 Å². The molecule has 3 aromatic rings. The Hall–Kier alpha value is -4.13. The van der Waals surface area contributed by atoms with E-state index in [4.69, 9.17) is 9.84 Å². The van der Waals surface area contributed by atoms with Gasteiger partial charge in [-0.25, -0.2) is 9.59 Å². The molecule has 7 nitrogen and oxygen atoms in total. The first-order valence-corrected chi connectivity index (χ1v) is 11.5. The van der Waals surface area contributed by atoms with Crippen LogP contribution in [0.2, 0.25) is 0 Å². The van der Waals surface area contributed by atoms with E-state index in [9.17, 15) is 14.4 Å². The lowest BCUT2D eigenvalue weighted by Crippen LogP contribution is -2.35. The fraction of sp³-hybridized carbons (Fsp3) is 0.250. The summed E-state index contributed by atoms with van der Waals surface area (Å²) in [5.74, 6) is -1.35. The van der Waals surface area contributed by atoms with Crippen LogP contribution in [-0.4, -0.2) is 36.2 Å². The minimum Gasteiger partial charge on any atom is -0.478 e. The van der Waals surface area contributed by atoms with Crippen LogP contribution in [0, 0.1) is 5.41 Å². The molecule has 0 bridgehead atoms. The van der Waals surface area contributed by atoms with Crippen LogP contribution in [0.25, 0.3) is 11.1 Å². The molecule has 1 aliphatic rings. The molecule has 0 aliphatic heterocycles. The van der Waals surface area contributed by atoms with E-state index >= 15 is 0 Å². The van der Waals surface area contributed by atoms with Gasteiger partial charge in [0.2, 0.25) is 5.91 Å². The highest BCUT2D eigenvalue weighted by Gasteiger charge is 2.30. The lowest BCUT2D eigenvalue weighted by molar-refractivity contribution is -0.124. The number of amides is 2. The number of carboxylic acids is 1. The number of carbonyl (C=O) groups is 3. The summed E-state index contributed by atoms with van der Waals surface area (Å²) in [5.41, 5.74) is 4.33. The number of aromatic carboxylic acids is 1. The van der Waals surface area contributed by atoms with Gasteiger partial charge in [0, 0.05) is 23.6 Å². The SMILES string of the molecule is CC(C)(CCNC(=O)OCC1c2ccccc2-c2ccccc21)C(=O)Nc1cccc(C(=O)O)c1. The first kappa shape index (κ1) is 24.0. The van der Waals surface area contributed by atoms with Crippen LogP contribution in [0.1, 0.15) is 47.7 Å². The number of carboxylic acid groups (broad SMARTS) is 1. The molecule has 4 rings (SSSR count). The zero-order chi connectivity index (χ0) is 25.0. The lowest BCUT2D eigenvalue weighted by atomic mass is 9.88. The zero-order valence-corrected chi connectivity index (χ0v) is 19.7. The normalized spacial score (nSPS) is 12.4. The van der Waals surface area contributed by atoms with Crippen LogP contribution in [0.5, 0.6) is 0 Å². The molecule has 0 heterocycles. The van der Waals surface area contributed by atoms with Gasteiger partial charge in [-0.1, -0.05) is 68.4 Å². The first-order valence-electron chi connectivity index (χ1n) is 11.5. The molecule has 0 radical (unpaired) electrons. The van der Waals surface area contributed by atoms with Crippen molar-refractivity contribution >= 4 is 23.7 Å². The summed E-state index contributed by atoms with van der Waals surface area (Å²) >= 11 is 0. The van der Waals surface area contributed by atoms with Crippen LogP contribution >= 0.6 is 0 Å². The van der Waals surface area contributed by atoms with Gasteiger partial charge in [0.05, 0.1) is 5.56 Å². The van der Waals surface area contributed by atoms with Crippen molar-refractivity contribution in [2.24, 2.45) is 5.41 Å². The predicted molar refractivity (Wildman–Crippen MR) is 134 cm³/mol. The monoisotopic (exact) mass is 472 g/mol. The molecule has 0 saturated carbocycles. The second-order valence-electron chi connectivity index (χ2n) is 9.23. The van der Waals surface area contributed by atoms with Crippen LogP contribution in [0.4, 0.5) is 10.5 Å². The molecule has 3 N–H and O–H groups in total. The van der Waals surface area contributed by atoms with Gasteiger partial charge in [0.1, 0.15) is 6.61 Å². The summed E-state index contributed by atoms with van der Waals surface area (Å²) in [4.78, 5) is 36.2. The van der Waals surface area contributed by atoms with Crippen molar-refractivity contribution in [2.75, 3.05) is 18.5 Å². The molecule has 0 unspecified atom stereocenters. The maximum atomic E-state index is 12.7. The Bertz CT molecular complexity index is 1220. The minimum absolute atomic E-state index is 0.0167. The summed E-state index contributed by atoms with van der Waals surface area (Å²) in [6.45, 7) is 4.02. The van der Waals surface area contributed by atoms with Crippen molar-refractivity contribution in [1.82, 2.24) is 5.32 Å². The molecule has 0 saturated heterocycles. The number of hydrogen-bond donors (Lipinski definition) is 3. The lowest BCUT2D eigenvalue weighted by Gasteiger charge is -2.24. The van der Waals surface area contributed by atoms with Gasteiger partial charge in [-0.15, -0.1) is 0 Å². The number of ether oxygens (including phenoxy) is 1. The Kier molecular flexibility index (Phi) is 6.87. The Balaban J connectivity index is 1.28. The van der Waals surface area contributed by atoms with E-state index in [2.05, 4.69) is 34.9 Å². The van der Waals surface area contributed by atoms with E-state index in [1.54, 1.807) is 26.0 Å². The van der Waals surface area contributed by atoms with E-state index in [-0.39, 0.29) is 30.5 Å². The summed E-state index contributed by atoms with van der Waals surface area (Å²) in [5, 5.41) is 14.6. The van der Waals surface area contributed by atoms with Gasteiger partial charge >= 0.3 is 12.1 Å². The van der Waals surface area contributed by atoms with Crippen LogP contribution in [-0.2, 0) is 9.53 Å². The standard InChI is InChI=1S/C28H28N2O5/c1-28(2,26(33)30-19-9-7-8-18(16-19)25(31)32)14-15-29-27(34)35-17-24-22-12-5-3-10-20(22)21-11-4-6-13-23(21)24/h3-13,16,24H,14-15,17H2,1-2H3,(H,29,34)(H,30,33)(H,31,32). The Morgan fingerprint density at radius 3 is 2.17 bits per heavy atom. The summed E-state index contributed by atoms with van der Waals surface area (Å²) in [7, 11) is 0. The number of rotatable bonds is 8. The molecule has 35 heavy (non-hydrogen) atoms. The number of nitrogens with one attached hydrogen (secondary N) is 2. The summed E-state index contributed by atoms with van der Waals surface area (Å²) in [6.07, 6.45) is -0.154. The number of hydrogen-bond acceptors (Lipinski definition) is 4. The maximum absolute atomic E-state index is 12.7. The minimum atomic E-state index is -1.06. The predicted octanol–water partition coefficient (Wildman–Crippen LogP) is 5.28. The van der Waals surface area contributed by atoms with E-state index in [0.717, 1.165) is 11.1 Å². The highest BCUT2D eigenvalue weighted by Crippen LogP contribution is 2.44. The molecular formula is C28H28N2O5. The first-order chi connectivity index (χ1) is 16.8. The average molecular weight is 473 g/mol. The van der Waals surface area contributed by atoms with Crippen LogP contribution < -0.4 is 10.6 Å². The maximum Gasteiger partial charge on any atom is 0.407 e. The Morgan fingerprint density at radius 1 is 0.914 bits per heavy atom. The topological polar surface area (TPSA) is 105 Å². The van der Waals surface area contributed by atoms with Crippen molar-refractivity contribution in [1.29, 1.82) is 0 Å². The smallest absolute Gasteiger partial charge is 0.407 e. The largest absolute Gasteiger partial charge is 0.478 e. The van der Waals surface area contributed by atoms with Crippen molar-refractivity contribution in [3.05, 3.63) is 89.5 Å². The quantitative estimate of drug-likeness (QED) is 0.414. The summed E-state index contributed by atoms with van der Waals surface area (Å²) < 4.78 is 5.54. The molecule has 1 aliphatic carbocycles. The van der Waals surface area contributed by atoms with E-state index in [1.807, 2.05) is 24.3 Å². The molecule has 0 atom stereocenters. The Morgan fingerprint density at radius 2 is 1.54 bits per heavy atom. The van der Waals surface area contributed by atoms with Gasteiger partial charge in [0.25, 0.3) is 0 Å².